The van der Waals surface area contributed by atoms with Gasteiger partial charge in [0, 0.05) is 29.8 Å². The van der Waals surface area contributed by atoms with E-state index in [1.807, 2.05) is 23.1 Å². The summed E-state index contributed by atoms with van der Waals surface area (Å²) in [6.07, 6.45) is 9.92. The lowest BCUT2D eigenvalue weighted by Gasteiger charge is -2.46. The van der Waals surface area contributed by atoms with Crippen LogP contribution in [0.3, 0.4) is 0 Å². The number of quaternary nitrogens is 1. The zero-order valence-electron chi connectivity index (χ0n) is 21.2. The number of nitrogens with one attached hydrogen (secondary N) is 1. The molecule has 1 N–H and O–H groups in total. The van der Waals surface area contributed by atoms with Gasteiger partial charge in [0.1, 0.15) is 0 Å². The van der Waals surface area contributed by atoms with Crippen molar-refractivity contribution < 1.29 is 9.69 Å². The topological polar surface area (TPSA) is 68.3 Å². The number of halogens is 2. The second kappa shape index (κ2) is 10.6. The van der Waals surface area contributed by atoms with E-state index in [9.17, 15) is 4.79 Å². The average molecular weight is 521 g/mol. The van der Waals surface area contributed by atoms with Crippen molar-refractivity contribution in [2.45, 2.75) is 71.4 Å². The highest BCUT2D eigenvalue weighted by Crippen LogP contribution is 2.39. The Kier molecular flexibility index (Phi) is 7.89. The molecule has 2 fully saturated rings. The number of rotatable bonds is 5. The lowest BCUT2D eigenvalue weighted by molar-refractivity contribution is -0.967. The fourth-order valence-corrected chi connectivity index (χ4v) is 6.20. The Hall–Kier alpha value is -1.96. The number of hydrogen-bond donors (Lipinski definition) is 1. The van der Waals surface area contributed by atoms with Gasteiger partial charge in [0.2, 0.25) is 11.7 Å². The van der Waals surface area contributed by atoms with Crippen molar-refractivity contribution in [3.8, 4) is 0 Å². The molecule has 1 saturated heterocycles. The zero-order chi connectivity index (χ0) is 25.2. The van der Waals surface area contributed by atoms with Crippen LogP contribution in [0.1, 0.15) is 77.2 Å². The maximum absolute atomic E-state index is 11.9. The molecule has 1 aliphatic heterocycles. The molecule has 9 heteroatoms. The fourth-order valence-electron chi connectivity index (χ4n) is 5.73. The Morgan fingerprint density at radius 2 is 1.83 bits per heavy atom. The third-order valence-electron chi connectivity index (χ3n) is 7.69. The molecule has 1 aromatic heterocycles. The van der Waals surface area contributed by atoms with Gasteiger partial charge in [-0.15, -0.1) is 5.10 Å². The van der Waals surface area contributed by atoms with E-state index in [1.165, 1.54) is 24.2 Å². The van der Waals surface area contributed by atoms with Gasteiger partial charge in [0.25, 0.3) is 0 Å². The van der Waals surface area contributed by atoms with E-state index >= 15 is 0 Å². The van der Waals surface area contributed by atoms with Crippen molar-refractivity contribution in [2.75, 3.05) is 26.2 Å². The molecule has 1 aliphatic carbocycles. The van der Waals surface area contributed by atoms with Gasteiger partial charge in [-0.2, -0.15) is 0 Å². The van der Waals surface area contributed by atoms with Gasteiger partial charge in [0.15, 0.2) is 5.54 Å². The van der Waals surface area contributed by atoms with Gasteiger partial charge in [-0.1, -0.05) is 68.6 Å². The molecule has 0 spiro atoms. The van der Waals surface area contributed by atoms with Crippen LogP contribution in [0, 0.1) is 5.41 Å². The van der Waals surface area contributed by atoms with Crippen molar-refractivity contribution in [1.82, 2.24) is 25.1 Å². The fraction of sp³-hybridized carbons (Fsp3) is 0.615. The van der Waals surface area contributed by atoms with Crippen LogP contribution < -0.4 is 4.90 Å². The van der Waals surface area contributed by atoms with Gasteiger partial charge in [-0.3, -0.25) is 4.79 Å². The average Bonchev–Trinajstić information content (AvgIpc) is 3.30. The molecule has 0 unspecified atom stereocenters. The molecule has 1 amide bonds. The van der Waals surface area contributed by atoms with E-state index in [4.69, 9.17) is 23.2 Å². The number of nitrogens with zero attached hydrogens (tertiary/aromatic N) is 5. The molecule has 1 atom stereocenters. The number of allylic oxidation sites excluding steroid dienone is 1. The minimum absolute atomic E-state index is 0.0593. The summed E-state index contributed by atoms with van der Waals surface area (Å²) in [4.78, 5) is 15.4. The predicted molar refractivity (Wildman–Crippen MR) is 140 cm³/mol. The number of benzene rings is 1. The standard InChI is InChI=1S/C26H36Cl2N6O/c1-19(35)32-14-16-33(17-15-32)26(12-6-5-7-13-26)24-29-30-31-34(24)23(25(2,3)4)11-9-20-8-10-21(27)18-22(20)28/h8-11,18,23H,5-7,12-17H2,1-4H3/p+1/b11-9+/t23-/m1/s1. The second-order valence-electron chi connectivity index (χ2n) is 11.0. The number of tetrazole rings is 1. The van der Waals surface area contributed by atoms with E-state index in [-0.39, 0.29) is 22.9 Å². The summed E-state index contributed by atoms with van der Waals surface area (Å²) < 4.78 is 2.05. The zero-order valence-corrected chi connectivity index (χ0v) is 22.7. The number of piperazine rings is 1. The van der Waals surface area contributed by atoms with Crippen LogP contribution in [0.15, 0.2) is 24.3 Å². The van der Waals surface area contributed by atoms with Crippen molar-refractivity contribution in [2.24, 2.45) is 5.41 Å². The first-order valence-electron chi connectivity index (χ1n) is 12.6. The van der Waals surface area contributed by atoms with Crippen LogP contribution in [0.25, 0.3) is 6.08 Å². The highest BCUT2D eigenvalue weighted by atomic mass is 35.5. The maximum Gasteiger partial charge on any atom is 0.219 e. The number of carbonyl (C=O) groups is 1. The van der Waals surface area contributed by atoms with E-state index < -0.39 is 0 Å². The molecular weight excluding hydrogens is 483 g/mol. The Balaban J connectivity index is 1.71. The van der Waals surface area contributed by atoms with Gasteiger partial charge < -0.3 is 9.80 Å². The third kappa shape index (κ3) is 5.57. The summed E-state index contributed by atoms with van der Waals surface area (Å²) in [6, 6.07) is 5.49. The SMILES string of the molecule is CC(=O)N1CC[NH+](C2(c3nnnn3[C@H](/C=C/c3ccc(Cl)cc3Cl)C(C)(C)C)CCCCC2)CC1. The van der Waals surface area contributed by atoms with Crippen LogP contribution in [-0.4, -0.2) is 57.2 Å². The number of aromatic nitrogens is 4. The lowest BCUT2D eigenvalue weighted by Crippen LogP contribution is -3.21. The van der Waals surface area contributed by atoms with Crippen molar-refractivity contribution in [3.63, 3.8) is 0 Å². The molecule has 0 radical (unpaired) electrons. The largest absolute Gasteiger partial charge is 0.332 e. The summed E-state index contributed by atoms with van der Waals surface area (Å²) in [5.41, 5.74) is 0.649. The van der Waals surface area contributed by atoms with Crippen LogP contribution in [0.5, 0.6) is 0 Å². The van der Waals surface area contributed by atoms with Crippen molar-refractivity contribution in [1.29, 1.82) is 0 Å². The molecule has 0 bridgehead atoms. The van der Waals surface area contributed by atoms with Gasteiger partial charge in [-0.25, -0.2) is 4.68 Å². The highest BCUT2D eigenvalue weighted by Gasteiger charge is 2.50. The third-order valence-corrected chi connectivity index (χ3v) is 8.25. The molecule has 2 aromatic rings. The Bertz CT molecular complexity index is 1060. The van der Waals surface area contributed by atoms with Gasteiger partial charge >= 0.3 is 0 Å². The van der Waals surface area contributed by atoms with Crippen LogP contribution >= 0.6 is 23.2 Å². The van der Waals surface area contributed by atoms with Crippen LogP contribution in [0.4, 0.5) is 0 Å². The summed E-state index contributed by atoms with van der Waals surface area (Å²) in [7, 11) is 0. The monoisotopic (exact) mass is 519 g/mol. The second-order valence-corrected chi connectivity index (χ2v) is 11.9. The van der Waals surface area contributed by atoms with Gasteiger partial charge in [-0.05, 0) is 46.4 Å². The normalized spacial score (nSPS) is 20.3. The first-order chi connectivity index (χ1) is 16.6. The number of hydrogen-bond acceptors (Lipinski definition) is 4. The highest BCUT2D eigenvalue weighted by molar-refractivity contribution is 6.35. The maximum atomic E-state index is 11.9. The quantitative estimate of drug-likeness (QED) is 0.642. The van der Waals surface area contributed by atoms with Crippen molar-refractivity contribution >= 4 is 35.2 Å². The van der Waals surface area contributed by atoms with Crippen LogP contribution in [-0.2, 0) is 10.3 Å². The number of amides is 1. The Morgan fingerprint density at radius 1 is 1.14 bits per heavy atom. The smallest absolute Gasteiger partial charge is 0.219 e. The van der Waals surface area contributed by atoms with E-state index in [2.05, 4.69) is 47.1 Å². The van der Waals surface area contributed by atoms with Gasteiger partial charge in [0.05, 0.1) is 32.2 Å². The summed E-state index contributed by atoms with van der Waals surface area (Å²) in [5.74, 6) is 1.13. The molecule has 35 heavy (non-hydrogen) atoms. The van der Waals surface area contributed by atoms with E-state index in [0.29, 0.717) is 10.0 Å². The Labute approximate surface area is 218 Å². The number of carbonyl (C=O) groups excluding carboxylic acids is 1. The Morgan fingerprint density at radius 3 is 2.43 bits per heavy atom. The first-order valence-corrected chi connectivity index (χ1v) is 13.4. The molecular formula is C26H37Cl2N6O+. The molecule has 2 aliphatic rings. The minimum atomic E-state index is -0.139. The van der Waals surface area contributed by atoms with Crippen LogP contribution in [0.2, 0.25) is 10.0 Å². The molecule has 2 heterocycles. The summed E-state index contributed by atoms with van der Waals surface area (Å²) in [5, 5.41) is 14.7. The minimum Gasteiger partial charge on any atom is -0.332 e. The van der Waals surface area contributed by atoms with Crippen molar-refractivity contribution in [3.05, 3.63) is 45.7 Å². The predicted octanol–water partition coefficient (Wildman–Crippen LogP) is 4.19. The molecule has 1 saturated carbocycles. The molecule has 1 aromatic carbocycles. The lowest BCUT2D eigenvalue weighted by atomic mass is 9.78. The molecule has 4 rings (SSSR count). The molecule has 190 valence electrons. The summed E-state index contributed by atoms with van der Waals surface area (Å²) in [6.45, 7) is 11.7. The summed E-state index contributed by atoms with van der Waals surface area (Å²) >= 11 is 12.5. The first kappa shape index (κ1) is 26.1. The molecule has 7 nitrogen and oxygen atoms in total. The van der Waals surface area contributed by atoms with E-state index in [1.54, 1.807) is 13.0 Å². The van der Waals surface area contributed by atoms with E-state index in [0.717, 1.165) is 50.4 Å².